The zero-order valence-corrected chi connectivity index (χ0v) is 22.1. The first-order valence-electron chi connectivity index (χ1n) is 11.9. The quantitative estimate of drug-likeness (QED) is 0.468. The molecule has 194 valence electrons. The number of thioether (sulfide) groups is 1. The molecule has 0 unspecified atom stereocenters. The number of nitrogens with one attached hydrogen (secondary N) is 1. The van der Waals surface area contributed by atoms with Crippen molar-refractivity contribution in [2.45, 2.75) is 32.2 Å². The molecule has 1 aromatic carbocycles. The summed E-state index contributed by atoms with van der Waals surface area (Å²) in [5, 5.41) is 5.57. The van der Waals surface area contributed by atoms with Gasteiger partial charge in [-0.2, -0.15) is 0 Å². The van der Waals surface area contributed by atoms with E-state index in [4.69, 9.17) is 19.2 Å². The highest BCUT2D eigenvalue weighted by Crippen LogP contribution is 2.48. The van der Waals surface area contributed by atoms with Gasteiger partial charge in [-0.3, -0.25) is 9.78 Å². The number of methoxy groups -OCH3 is 3. The highest BCUT2D eigenvalue weighted by atomic mass is 32.2. The molecular formula is C27H30N4O5S. The number of nitrogens with zero attached hydrogens (tertiary/aromatic N) is 3. The number of rotatable bonds is 10. The fourth-order valence-corrected chi connectivity index (χ4v) is 5.30. The predicted molar refractivity (Wildman–Crippen MR) is 142 cm³/mol. The lowest BCUT2D eigenvalue weighted by Gasteiger charge is -2.37. The summed E-state index contributed by atoms with van der Waals surface area (Å²) in [6, 6.07) is 10.5. The van der Waals surface area contributed by atoms with Crippen LogP contribution in [0.5, 0.6) is 11.5 Å². The summed E-state index contributed by atoms with van der Waals surface area (Å²) in [7, 11) is 4.52. The smallest absolute Gasteiger partial charge is 0.338 e. The van der Waals surface area contributed by atoms with Gasteiger partial charge in [-0.05, 0) is 42.2 Å². The first-order chi connectivity index (χ1) is 18.0. The van der Waals surface area contributed by atoms with Crippen LogP contribution in [-0.2, 0) is 20.7 Å². The number of ether oxygens (including phenoxy) is 3. The van der Waals surface area contributed by atoms with Crippen LogP contribution in [0.3, 0.4) is 0 Å². The van der Waals surface area contributed by atoms with E-state index in [1.165, 1.54) is 18.9 Å². The van der Waals surface area contributed by atoms with Crippen molar-refractivity contribution in [2.75, 3.05) is 27.9 Å². The van der Waals surface area contributed by atoms with Crippen molar-refractivity contribution in [2.24, 2.45) is 4.99 Å². The standard InChI is InChI=1S/C27H30N4O5S/c1-5-21-24(26(33)36-4)25(20-15-19(34-2)9-10-22(20)35-3)31-18(16-37-27(31)30-21)14-23(32)29-13-11-17-8-6-7-12-28-17/h6-10,12,15-16,25H,5,11,13-14H2,1-4H3,(H,29,32)/t25-/m1/s1. The van der Waals surface area contributed by atoms with Gasteiger partial charge in [0.05, 0.1) is 45.1 Å². The number of benzene rings is 1. The first kappa shape index (κ1) is 26.3. The van der Waals surface area contributed by atoms with Crippen LogP contribution in [0.1, 0.15) is 37.1 Å². The lowest BCUT2D eigenvalue weighted by atomic mass is 9.92. The number of aliphatic imine (C=N–C) groups is 1. The minimum atomic E-state index is -0.609. The number of esters is 1. The van der Waals surface area contributed by atoms with E-state index >= 15 is 0 Å². The highest BCUT2D eigenvalue weighted by molar-refractivity contribution is 8.16. The molecule has 2 aromatic rings. The number of pyridine rings is 1. The third-order valence-electron chi connectivity index (χ3n) is 6.13. The maximum Gasteiger partial charge on any atom is 0.338 e. The number of fused-ring (bicyclic) bond motifs is 1. The number of allylic oxidation sites excluding steroid dienone is 1. The molecule has 3 heterocycles. The van der Waals surface area contributed by atoms with E-state index < -0.39 is 12.0 Å². The van der Waals surface area contributed by atoms with Gasteiger partial charge in [-0.25, -0.2) is 9.79 Å². The first-order valence-corrected chi connectivity index (χ1v) is 12.8. The van der Waals surface area contributed by atoms with Crippen LogP contribution in [0.25, 0.3) is 0 Å². The van der Waals surface area contributed by atoms with Crippen molar-refractivity contribution in [1.29, 1.82) is 0 Å². The van der Waals surface area contributed by atoms with Gasteiger partial charge in [0.1, 0.15) is 11.5 Å². The second kappa shape index (κ2) is 12.0. The van der Waals surface area contributed by atoms with Gasteiger partial charge in [-0.15, -0.1) is 0 Å². The molecule has 10 heteroatoms. The van der Waals surface area contributed by atoms with Gasteiger partial charge in [0.25, 0.3) is 0 Å². The second-order valence-electron chi connectivity index (χ2n) is 8.31. The van der Waals surface area contributed by atoms with Gasteiger partial charge in [0.2, 0.25) is 5.91 Å². The van der Waals surface area contributed by atoms with Gasteiger partial charge in [-0.1, -0.05) is 24.8 Å². The summed E-state index contributed by atoms with van der Waals surface area (Å²) in [4.78, 5) is 37.0. The zero-order valence-electron chi connectivity index (χ0n) is 21.3. The van der Waals surface area contributed by atoms with Crippen LogP contribution >= 0.6 is 11.8 Å². The summed E-state index contributed by atoms with van der Waals surface area (Å²) >= 11 is 1.42. The molecule has 2 aliphatic heterocycles. The molecule has 1 amide bonds. The average molecular weight is 523 g/mol. The largest absolute Gasteiger partial charge is 0.497 e. The van der Waals surface area contributed by atoms with Gasteiger partial charge in [0.15, 0.2) is 5.17 Å². The van der Waals surface area contributed by atoms with Crippen LogP contribution in [0.15, 0.2) is 70.0 Å². The predicted octanol–water partition coefficient (Wildman–Crippen LogP) is 3.99. The Labute approximate surface area is 220 Å². The third-order valence-corrected chi connectivity index (χ3v) is 7.02. The van der Waals surface area contributed by atoms with Crippen LogP contribution in [0, 0.1) is 0 Å². The summed E-state index contributed by atoms with van der Waals surface area (Å²) in [6.45, 7) is 2.42. The Balaban J connectivity index is 1.65. The Hall–Kier alpha value is -3.79. The van der Waals surface area contributed by atoms with Gasteiger partial charge >= 0.3 is 5.97 Å². The minimum absolute atomic E-state index is 0.118. The van der Waals surface area contributed by atoms with Crippen molar-refractivity contribution in [3.8, 4) is 11.5 Å². The average Bonchev–Trinajstić information content (AvgIpc) is 3.33. The van der Waals surface area contributed by atoms with E-state index in [-0.39, 0.29) is 12.3 Å². The molecular weight excluding hydrogens is 492 g/mol. The topological polar surface area (TPSA) is 102 Å². The molecule has 0 aliphatic carbocycles. The van der Waals surface area contributed by atoms with Crippen LogP contribution in [0.4, 0.5) is 0 Å². The molecule has 0 saturated heterocycles. The van der Waals surface area contributed by atoms with Crippen LogP contribution in [0.2, 0.25) is 0 Å². The number of aromatic nitrogens is 1. The normalized spacial score (nSPS) is 16.5. The van der Waals surface area contributed by atoms with Crippen molar-refractivity contribution < 1.29 is 23.8 Å². The Morgan fingerprint density at radius 2 is 1.97 bits per heavy atom. The highest BCUT2D eigenvalue weighted by Gasteiger charge is 2.42. The molecule has 1 N–H and O–H groups in total. The fourth-order valence-electron chi connectivity index (χ4n) is 4.36. The monoisotopic (exact) mass is 522 g/mol. The Morgan fingerprint density at radius 1 is 1.14 bits per heavy atom. The maximum atomic E-state index is 13.1. The Bertz CT molecular complexity index is 1260. The maximum absolute atomic E-state index is 13.1. The SMILES string of the molecule is CCC1=C(C(=O)OC)[C@@H](c2cc(OC)ccc2OC)N2C(CC(=O)NCCc3ccccn3)=CSC2=N1. The van der Waals surface area contributed by atoms with Crippen molar-refractivity contribution in [3.63, 3.8) is 0 Å². The third kappa shape index (κ3) is 5.64. The molecule has 0 saturated carbocycles. The summed E-state index contributed by atoms with van der Waals surface area (Å²) in [5.74, 6) is 0.586. The van der Waals surface area contributed by atoms with Gasteiger partial charge < -0.3 is 24.4 Å². The number of carbonyl (C=O) groups excluding carboxylic acids is 2. The number of hydrogen-bond acceptors (Lipinski definition) is 9. The molecule has 2 aliphatic rings. The Kier molecular flexibility index (Phi) is 8.50. The molecule has 1 aromatic heterocycles. The van der Waals surface area contributed by atoms with Gasteiger partial charge in [0, 0.05) is 36.1 Å². The molecule has 37 heavy (non-hydrogen) atoms. The molecule has 1 atom stereocenters. The summed E-state index contributed by atoms with van der Waals surface area (Å²) < 4.78 is 16.3. The lowest BCUT2D eigenvalue weighted by Crippen LogP contribution is -2.38. The molecule has 0 fully saturated rings. The summed E-state index contributed by atoms with van der Waals surface area (Å²) in [6.07, 6.45) is 3.02. The zero-order chi connectivity index (χ0) is 26.4. The van der Waals surface area contributed by atoms with E-state index in [1.807, 2.05) is 41.5 Å². The molecule has 0 spiro atoms. The Morgan fingerprint density at radius 3 is 2.65 bits per heavy atom. The number of hydrogen-bond donors (Lipinski definition) is 1. The van der Waals surface area contributed by atoms with E-state index in [1.54, 1.807) is 32.5 Å². The molecule has 9 nitrogen and oxygen atoms in total. The fraction of sp³-hybridized carbons (Fsp3) is 0.333. The second-order valence-corrected chi connectivity index (χ2v) is 9.14. The van der Waals surface area contributed by atoms with E-state index in [2.05, 4.69) is 10.3 Å². The van der Waals surface area contributed by atoms with Crippen molar-refractivity contribution in [3.05, 3.63) is 76.2 Å². The van der Waals surface area contributed by atoms with Crippen molar-refractivity contribution >= 4 is 28.8 Å². The minimum Gasteiger partial charge on any atom is -0.497 e. The number of amides is 1. The molecule has 0 bridgehead atoms. The van der Waals surface area contributed by atoms with Crippen molar-refractivity contribution in [1.82, 2.24) is 15.2 Å². The van der Waals surface area contributed by atoms with E-state index in [0.29, 0.717) is 52.9 Å². The number of carbonyl (C=O) groups is 2. The van der Waals surface area contributed by atoms with E-state index in [9.17, 15) is 9.59 Å². The molecule has 4 rings (SSSR count). The van der Waals surface area contributed by atoms with Crippen LogP contribution in [-0.4, -0.2) is 54.8 Å². The van der Waals surface area contributed by atoms with Crippen LogP contribution < -0.4 is 14.8 Å². The number of amidine groups is 1. The summed E-state index contributed by atoms with van der Waals surface area (Å²) in [5.41, 5.74) is 3.39. The molecule has 0 radical (unpaired) electrons. The lowest BCUT2D eigenvalue weighted by molar-refractivity contribution is -0.136. The van der Waals surface area contributed by atoms with E-state index in [0.717, 1.165) is 11.4 Å².